The number of carbonyl (C=O) groups is 1. The fourth-order valence-corrected chi connectivity index (χ4v) is 5.33. The van der Waals surface area contributed by atoms with E-state index in [4.69, 9.17) is 4.74 Å². The number of aromatic amines is 1. The second kappa shape index (κ2) is 5.78. The van der Waals surface area contributed by atoms with Crippen LogP contribution < -0.4 is 4.90 Å². The standard InChI is InChI=1S/C18H18N4O3S/c23-17(24)14-9-11-2-8-25-18(15(11)26-14)3-6-22(7-4-18)16-12-10-20-21-13(12)1-5-19-16/h1,5,9-10H,2-4,6-8H2,(H,20,21)(H,23,24). The number of hydrogen-bond donors (Lipinski definition) is 2. The van der Waals surface area contributed by atoms with Gasteiger partial charge >= 0.3 is 5.97 Å². The predicted octanol–water partition coefficient (Wildman–Crippen LogP) is 2.79. The lowest BCUT2D eigenvalue weighted by Crippen LogP contribution is -2.46. The fourth-order valence-electron chi connectivity index (χ4n) is 4.08. The Kier molecular flexibility index (Phi) is 3.51. The number of carboxylic acids is 1. The van der Waals surface area contributed by atoms with E-state index in [9.17, 15) is 9.90 Å². The normalized spacial score (nSPS) is 19.0. The maximum Gasteiger partial charge on any atom is 0.345 e. The van der Waals surface area contributed by atoms with Crippen LogP contribution in [0.2, 0.25) is 0 Å². The largest absolute Gasteiger partial charge is 0.477 e. The number of fused-ring (bicyclic) bond motifs is 3. The third kappa shape index (κ3) is 2.33. The quantitative estimate of drug-likeness (QED) is 0.721. The van der Waals surface area contributed by atoms with Crippen molar-refractivity contribution in [1.29, 1.82) is 0 Å². The first-order chi connectivity index (χ1) is 12.7. The number of nitrogens with zero attached hydrogens (tertiary/aromatic N) is 3. The third-order valence-corrected chi connectivity index (χ3v) is 6.75. The lowest BCUT2D eigenvalue weighted by Gasteiger charge is -2.44. The van der Waals surface area contributed by atoms with Gasteiger partial charge in [-0.15, -0.1) is 11.3 Å². The van der Waals surface area contributed by atoms with Gasteiger partial charge < -0.3 is 14.7 Å². The minimum atomic E-state index is -0.854. The molecule has 0 aromatic carbocycles. The number of carboxylic acid groups (broad SMARTS) is 1. The lowest BCUT2D eigenvalue weighted by molar-refractivity contribution is -0.0735. The summed E-state index contributed by atoms with van der Waals surface area (Å²) in [7, 11) is 0. The molecule has 2 N–H and O–H groups in total. The highest BCUT2D eigenvalue weighted by molar-refractivity contribution is 7.14. The Morgan fingerprint density at radius 1 is 1.38 bits per heavy atom. The second-order valence-corrected chi connectivity index (χ2v) is 7.87. The number of thiophene rings is 1. The van der Waals surface area contributed by atoms with Crippen molar-refractivity contribution in [3.8, 4) is 0 Å². The van der Waals surface area contributed by atoms with Crippen LogP contribution in [0.3, 0.4) is 0 Å². The summed E-state index contributed by atoms with van der Waals surface area (Å²) < 4.78 is 6.23. The molecule has 0 amide bonds. The number of ether oxygens (including phenoxy) is 1. The second-order valence-electron chi connectivity index (χ2n) is 6.82. The minimum Gasteiger partial charge on any atom is -0.477 e. The number of rotatable bonds is 2. The first-order valence-electron chi connectivity index (χ1n) is 8.70. The summed E-state index contributed by atoms with van der Waals surface area (Å²) in [6, 6.07) is 3.75. The van der Waals surface area contributed by atoms with Gasteiger partial charge in [-0.1, -0.05) is 0 Å². The zero-order valence-corrected chi connectivity index (χ0v) is 14.9. The Labute approximate surface area is 153 Å². The van der Waals surface area contributed by atoms with E-state index in [1.807, 2.05) is 18.3 Å². The summed E-state index contributed by atoms with van der Waals surface area (Å²) in [5.41, 5.74) is 1.77. The molecule has 0 atom stereocenters. The number of aromatic nitrogens is 3. The Bertz CT molecular complexity index is 987. The molecule has 0 unspecified atom stereocenters. The van der Waals surface area contributed by atoms with E-state index in [1.165, 1.54) is 11.3 Å². The predicted molar refractivity (Wildman–Crippen MR) is 97.9 cm³/mol. The summed E-state index contributed by atoms with van der Waals surface area (Å²) in [4.78, 5) is 19.7. The lowest BCUT2D eigenvalue weighted by atomic mass is 9.85. The first-order valence-corrected chi connectivity index (χ1v) is 9.51. The molecule has 5 rings (SSSR count). The van der Waals surface area contributed by atoms with Gasteiger partial charge in [-0.2, -0.15) is 5.10 Å². The van der Waals surface area contributed by atoms with Crippen molar-refractivity contribution in [2.24, 2.45) is 0 Å². The molecule has 134 valence electrons. The van der Waals surface area contributed by atoms with E-state index in [0.717, 1.165) is 59.5 Å². The van der Waals surface area contributed by atoms with Crippen LogP contribution in [-0.4, -0.2) is 46.0 Å². The van der Waals surface area contributed by atoms with Crippen molar-refractivity contribution >= 4 is 34.0 Å². The number of pyridine rings is 1. The van der Waals surface area contributed by atoms with E-state index in [-0.39, 0.29) is 5.60 Å². The average Bonchev–Trinajstić information content (AvgIpc) is 3.30. The molecule has 0 saturated carbocycles. The average molecular weight is 370 g/mol. The van der Waals surface area contributed by atoms with Crippen molar-refractivity contribution < 1.29 is 14.6 Å². The van der Waals surface area contributed by atoms with E-state index < -0.39 is 5.97 Å². The van der Waals surface area contributed by atoms with Crippen LogP contribution in [0.4, 0.5) is 5.82 Å². The molecule has 5 heterocycles. The van der Waals surface area contributed by atoms with Gasteiger partial charge in [-0.05, 0) is 37.0 Å². The summed E-state index contributed by atoms with van der Waals surface area (Å²) >= 11 is 1.38. The highest BCUT2D eigenvalue weighted by Crippen LogP contribution is 2.46. The zero-order valence-electron chi connectivity index (χ0n) is 14.1. The molecule has 1 saturated heterocycles. The van der Waals surface area contributed by atoms with E-state index in [2.05, 4.69) is 20.1 Å². The van der Waals surface area contributed by atoms with Crippen LogP contribution in [0.25, 0.3) is 10.9 Å². The summed E-state index contributed by atoms with van der Waals surface area (Å²) in [5, 5.41) is 17.5. The fraction of sp³-hybridized carbons (Fsp3) is 0.389. The van der Waals surface area contributed by atoms with Crippen LogP contribution in [0.5, 0.6) is 0 Å². The smallest absolute Gasteiger partial charge is 0.345 e. The van der Waals surface area contributed by atoms with Gasteiger partial charge in [-0.25, -0.2) is 9.78 Å². The van der Waals surface area contributed by atoms with E-state index in [1.54, 1.807) is 6.20 Å². The van der Waals surface area contributed by atoms with Crippen molar-refractivity contribution in [3.63, 3.8) is 0 Å². The Balaban J connectivity index is 1.44. The molecule has 2 aliphatic rings. The molecule has 8 heteroatoms. The molecule has 1 fully saturated rings. The van der Waals surface area contributed by atoms with Crippen LogP contribution in [0.1, 0.15) is 33.0 Å². The van der Waals surface area contributed by atoms with Gasteiger partial charge in [-0.3, -0.25) is 5.10 Å². The van der Waals surface area contributed by atoms with Crippen LogP contribution in [-0.2, 0) is 16.8 Å². The molecule has 3 aromatic heterocycles. The molecule has 26 heavy (non-hydrogen) atoms. The van der Waals surface area contributed by atoms with Crippen LogP contribution >= 0.6 is 11.3 Å². The molecule has 1 spiro atoms. The van der Waals surface area contributed by atoms with E-state index in [0.29, 0.717) is 11.5 Å². The number of piperidine rings is 1. The highest BCUT2D eigenvalue weighted by atomic mass is 32.1. The van der Waals surface area contributed by atoms with Crippen molar-refractivity contribution in [2.75, 3.05) is 24.6 Å². The Morgan fingerprint density at radius 3 is 3.04 bits per heavy atom. The van der Waals surface area contributed by atoms with Gasteiger partial charge in [0.15, 0.2) is 0 Å². The molecule has 3 aromatic rings. The first kappa shape index (κ1) is 15.8. The Hall–Kier alpha value is -2.45. The maximum absolute atomic E-state index is 11.4. The van der Waals surface area contributed by atoms with Crippen LogP contribution in [0.15, 0.2) is 24.5 Å². The van der Waals surface area contributed by atoms with Gasteiger partial charge in [0.25, 0.3) is 0 Å². The molecule has 0 aliphatic carbocycles. The molecule has 0 bridgehead atoms. The number of H-pyrrole nitrogens is 1. The SMILES string of the molecule is O=C(O)c1cc2c(s1)C1(CCN(c3nccc4[nH]ncc34)CC1)OCC2. The van der Waals surface area contributed by atoms with E-state index >= 15 is 0 Å². The van der Waals surface area contributed by atoms with Gasteiger partial charge in [0, 0.05) is 24.2 Å². The third-order valence-electron chi connectivity index (χ3n) is 5.40. The molecule has 2 aliphatic heterocycles. The van der Waals surface area contributed by atoms with Gasteiger partial charge in [0.1, 0.15) is 16.3 Å². The number of aromatic carboxylic acids is 1. The van der Waals surface area contributed by atoms with Crippen molar-refractivity contribution in [3.05, 3.63) is 39.8 Å². The van der Waals surface area contributed by atoms with Crippen molar-refractivity contribution in [2.45, 2.75) is 24.9 Å². The molecule has 7 nitrogen and oxygen atoms in total. The van der Waals surface area contributed by atoms with Crippen LogP contribution in [0, 0.1) is 0 Å². The van der Waals surface area contributed by atoms with Crippen molar-refractivity contribution in [1.82, 2.24) is 15.2 Å². The Morgan fingerprint density at radius 2 is 2.23 bits per heavy atom. The minimum absolute atomic E-state index is 0.354. The summed E-state index contributed by atoms with van der Waals surface area (Å²) in [6.07, 6.45) is 6.06. The highest BCUT2D eigenvalue weighted by Gasteiger charge is 2.43. The van der Waals surface area contributed by atoms with Gasteiger partial charge in [0.2, 0.25) is 0 Å². The molecular weight excluding hydrogens is 352 g/mol. The summed E-state index contributed by atoms with van der Waals surface area (Å²) in [6.45, 7) is 2.28. The zero-order chi connectivity index (χ0) is 17.7. The topological polar surface area (TPSA) is 91.3 Å². The monoisotopic (exact) mass is 370 g/mol. The number of nitrogens with one attached hydrogen (secondary N) is 1. The summed E-state index contributed by atoms with van der Waals surface area (Å²) in [5.74, 6) is 0.0901. The number of hydrogen-bond acceptors (Lipinski definition) is 6. The number of anilines is 1. The maximum atomic E-state index is 11.4. The van der Waals surface area contributed by atoms with Gasteiger partial charge in [0.05, 0.1) is 23.7 Å². The molecular formula is C18H18N4O3S. The molecule has 0 radical (unpaired) electrons.